The number of rotatable bonds is 10. The minimum absolute atomic E-state index is 0.0233. The lowest BCUT2D eigenvalue weighted by molar-refractivity contribution is -0.149. The molecule has 0 spiro atoms. The van der Waals surface area contributed by atoms with Gasteiger partial charge in [-0.25, -0.2) is 0 Å². The number of esters is 1. The average Bonchev–Trinajstić information content (AvgIpc) is 2.70. The van der Waals surface area contributed by atoms with Crippen LogP contribution >= 0.6 is 0 Å². The Hall–Kier alpha value is -2.94. The number of amides is 3. The van der Waals surface area contributed by atoms with E-state index in [1.807, 2.05) is 20.8 Å². The van der Waals surface area contributed by atoms with Crippen LogP contribution in [0, 0.1) is 5.92 Å². The third-order valence-electron chi connectivity index (χ3n) is 4.66. The monoisotopic (exact) mass is 432 g/mol. The maximum absolute atomic E-state index is 12.5. The minimum Gasteiger partial charge on any atom is -0.465 e. The molecule has 0 aromatic heterocycles. The Balaban J connectivity index is 1.90. The second kappa shape index (κ2) is 12.0. The molecule has 1 fully saturated rings. The van der Waals surface area contributed by atoms with Gasteiger partial charge in [-0.2, -0.15) is 0 Å². The second-order valence-electron chi connectivity index (χ2n) is 7.98. The highest BCUT2D eigenvalue weighted by Gasteiger charge is 2.33. The molecule has 1 saturated heterocycles. The summed E-state index contributed by atoms with van der Waals surface area (Å²) in [6.07, 6.45) is 1.12. The van der Waals surface area contributed by atoms with Crippen LogP contribution in [-0.4, -0.2) is 60.9 Å². The summed E-state index contributed by atoms with van der Waals surface area (Å²) < 4.78 is 5.18. The van der Waals surface area contributed by atoms with Crippen molar-refractivity contribution in [3.63, 3.8) is 0 Å². The van der Waals surface area contributed by atoms with Crippen molar-refractivity contribution >= 4 is 35.1 Å². The summed E-state index contributed by atoms with van der Waals surface area (Å²) in [6, 6.07) is 6.08. The first-order valence-electron chi connectivity index (χ1n) is 10.7. The Morgan fingerprint density at radius 2 is 1.74 bits per heavy atom. The zero-order valence-electron chi connectivity index (χ0n) is 18.4. The summed E-state index contributed by atoms with van der Waals surface area (Å²) in [7, 11) is 0. The Morgan fingerprint density at radius 1 is 1.13 bits per heavy atom. The topological polar surface area (TPSA) is 117 Å². The lowest BCUT2D eigenvalue weighted by atomic mass is 10.1. The average molecular weight is 433 g/mol. The number of benzene rings is 1. The predicted octanol–water partition coefficient (Wildman–Crippen LogP) is 1.75. The zero-order valence-corrected chi connectivity index (χ0v) is 18.4. The van der Waals surface area contributed by atoms with Crippen LogP contribution in [0.15, 0.2) is 24.3 Å². The highest BCUT2D eigenvalue weighted by Crippen LogP contribution is 2.15. The molecule has 0 aliphatic carbocycles. The third-order valence-corrected chi connectivity index (χ3v) is 4.66. The maximum Gasteiger partial charge on any atom is 0.307 e. The summed E-state index contributed by atoms with van der Waals surface area (Å²) in [4.78, 5) is 50.2. The number of ether oxygens (including phenoxy) is 1. The SMILES string of the molecule is CCCC(=O)Nc1ccc(NC(=O)CN2CCNC(=O)C2CC(=O)OCC(C)C)cc1. The highest BCUT2D eigenvalue weighted by molar-refractivity contribution is 5.94. The van der Waals surface area contributed by atoms with E-state index in [1.54, 1.807) is 29.2 Å². The van der Waals surface area contributed by atoms with Crippen molar-refractivity contribution in [2.75, 3.05) is 36.9 Å². The van der Waals surface area contributed by atoms with Gasteiger partial charge in [0.2, 0.25) is 17.7 Å². The fourth-order valence-electron chi connectivity index (χ4n) is 3.12. The van der Waals surface area contributed by atoms with Gasteiger partial charge in [0.1, 0.15) is 6.04 Å². The fourth-order valence-corrected chi connectivity index (χ4v) is 3.12. The molecule has 1 aromatic rings. The number of hydrogen-bond acceptors (Lipinski definition) is 6. The van der Waals surface area contributed by atoms with E-state index < -0.39 is 12.0 Å². The van der Waals surface area contributed by atoms with Crippen LogP contribution in [0.4, 0.5) is 11.4 Å². The van der Waals surface area contributed by atoms with Gasteiger partial charge in [-0.15, -0.1) is 0 Å². The van der Waals surface area contributed by atoms with Gasteiger partial charge < -0.3 is 20.7 Å². The molecule has 1 heterocycles. The van der Waals surface area contributed by atoms with E-state index in [-0.39, 0.29) is 36.6 Å². The molecular formula is C22H32N4O5. The summed E-state index contributed by atoms with van der Waals surface area (Å²) in [6.45, 7) is 6.95. The van der Waals surface area contributed by atoms with E-state index >= 15 is 0 Å². The minimum atomic E-state index is -0.740. The quantitative estimate of drug-likeness (QED) is 0.485. The molecule has 2 rings (SSSR count). The van der Waals surface area contributed by atoms with E-state index in [1.165, 1.54) is 0 Å². The molecule has 3 N–H and O–H groups in total. The van der Waals surface area contributed by atoms with E-state index in [4.69, 9.17) is 4.74 Å². The number of nitrogens with one attached hydrogen (secondary N) is 3. The molecule has 1 aliphatic rings. The van der Waals surface area contributed by atoms with E-state index in [2.05, 4.69) is 16.0 Å². The first-order chi connectivity index (χ1) is 14.8. The molecule has 1 atom stereocenters. The highest BCUT2D eigenvalue weighted by atomic mass is 16.5. The number of piperazine rings is 1. The normalized spacial score (nSPS) is 16.5. The van der Waals surface area contributed by atoms with Crippen molar-refractivity contribution in [2.24, 2.45) is 5.92 Å². The summed E-state index contributed by atoms with van der Waals surface area (Å²) in [5.41, 5.74) is 1.23. The number of carbonyl (C=O) groups is 4. The number of nitrogens with zero attached hydrogens (tertiary/aromatic N) is 1. The zero-order chi connectivity index (χ0) is 22.8. The predicted molar refractivity (Wildman–Crippen MR) is 117 cm³/mol. The largest absolute Gasteiger partial charge is 0.465 e. The Morgan fingerprint density at radius 3 is 2.32 bits per heavy atom. The lowest BCUT2D eigenvalue weighted by Gasteiger charge is -2.33. The molecule has 170 valence electrons. The third kappa shape index (κ3) is 8.37. The molecule has 9 nitrogen and oxygen atoms in total. The van der Waals surface area contributed by atoms with Crippen LogP contribution in [0.2, 0.25) is 0 Å². The Bertz CT molecular complexity index is 779. The van der Waals surface area contributed by atoms with Gasteiger partial charge in [0.25, 0.3) is 0 Å². The fraction of sp³-hybridized carbons (Fsp3) is 0.545. The standard InChI is InChI=1S/C22H32N4O5/c1-4-5-19(27)24-16-6-8-17(9-7-16)25-20(28)13-26-11-10-23-22(30)18(26)12-21(29)31-14-15(2)3/h6-9,15,18H,4-5,10-14H2,1-3H3,(H,23,30)(H,24,27)(H,25,28). The molecule has 1 unspecified atom stereocenters. The van der Waals surface area contributed by atoms with Gasteiger partial charge in [0.15, 0.2) is 0 Å². The van der Waals surface area contributed by atoms with Gasteiger partial charge >= 0.3 is 5.97 Å². The second-order valence-corrected chi connectivity index (χ2v) is 7.98. The lowest BCUT2D eigenvalue weighted by Crippen LogP contribution is -2.57. The van der Waals surface area contributed by atoms with E-state index in [0.717, 1.165) is 6.42 Å². The van der Waals surface area contributed by atoms with Crippen LogP contribution in [0.1, 0.15) is 40.0 Å². The summed E-state index contributed by atoms with van der Waals surface area (Å²) in [5.74, 6) is -0.884. The molecule has 1 aliphatic heterocycles. The van der Waals surface area contributed by atoms with Gasteiger partial charge in [-0.1, -0.05) is 20.8 Å². The maximum atomic E-state index is 12.5. The van der Waals surface area contributed by atoms with Crippen LogP contribution in [0.3, 0.4) is 0 Å². The molecule has 0 radical (unpaired) electrons. The van der Waals surface area contributed by atoms with Crippen molar-refractivity contribution in [1.82, 2.24) is 10.2 Å². The van der Waals surface area contributed by atoms with Crippen molar-refractivity contribution < 1.29 is 23.9 Å². The first kappa shape index (κ1) is 24.3. The van der Waals surface area contributed by atoms with Gasteiger partial charge in [0.05, 0.1) is 19.6 Å². The number of anilines is 2. The van der Waals surface area contributed by atoms with E-state index in [0.29, 0.717) is 37.5 Å². The van der Waals surface area contributed by atoms with Gasteiger partial charge in [-0.05, 0) is 36.6 Å². The smallest absolute Gasteiger partial charge is 0.307 e. The van der Waals surface area contributed by atoms with Crippen LogP contribution in [-0.2, 0) is 23.9 Å². The van der Waals surface area contributed by atoms with Gasteiger partial charge in [-0.3, -0.25) is 24.1 Å². The summed E-state index contributed by atoms with van der Waals surface area (Å²) in [5, 5.41) is 8.30. The van der Waals surface area contributed by atoms with Crippen molar-refractivity contribution in [3.05, 3.63) is 24.3 Å². The van der Waals surface area contributed by atoms with E-state index in [9.17, 15) is 19.2 Å². The Labute approximate surface area is 182 Å². The number of hydrogen-bond donors (Lipinski definition) is 3. The molecule has 1 aromatic carbocycles. The van der Waals surface area contributed by atoms with Crippen molar-refractivity contribution in [1.29, 1.82) is 0 Å². The molecule has 0 bridgehead atoms. The number of carbonyl (C=O) groups excluding carboxylic acids is 4. The molecule has 31 heavy (non-hydrogen) atoms. The molecule has 0 saturated carbocycles. The van der Waals surface area contributed by atoms with Crippen LogP contribution < -0.4 is 16.0 Å². The first-order valence-corrected chi connectivity index (χ1v) is 10.7. The van der Waals surface area contributed by atoms with Crippen molar-refractivity contribution in [2.45, 2.75) is 46.1 Å². The van der Waals surface area contributed by atoms with Crippen molar-refractivity contribution in [3.8, 4) is 0 Å². The summed E-state index contributed by atoms with van der Waals surface area (Å²) >= 11 is 0. The molecular weight excluding hydrogens is 400 g/mol. The molecule has 9 heteroatoms. The van der Waals surface area contributed by atoms with Gasteiger partial charge in [0, 0.05) is 30.9 Å². The molecule has 3 amide bonds. The van der Waals surface area contributed by atoms with Crippen LogP contribution in [0.25, 0.3) is 0 Å². The van der Waals surface area contributed by atoms with Crippen LogP contribution in [0.5, 0.6) is 0 Å². The Kier molecular flexibility index (Phi) is 9.45.